The molecular weight excluding hydrogens is 326 g/mol. The standard InChI is InChI=1S/C17H27N3O3S/c1-12-8-9-15(10-16(12)19-13(2)21)24(22,23)20-17(11-18)14-6-4-3-5-7-14/h8-10,14,17,20H,3-7,11,18H2,1-2H3,(H,19,21). The molecule has 0 heterocycles. The van der Waals surface area contributed by atoms with Gasteiger partial charge in [0.25, 0.3) is 0 Å². The van der Waals surface area contributed by atoms with Gasteiger partial charge in [-0.1, -0.05) is 25.3 Å². The number of benzene rings is 1. The van der Waals surface area contributed by atoms with Crippen LogP contribution in [0.25, 0.3) is 0 Å². The summed E-state index contributed by atoms with van der Waals surface area (Å²) < 4.78 is 28.2. The summed E-state index contributed by atoms with van der Waals surface area (Å²) in [5.74, 6) is 0.0569. The Labute approximate surface area is 144 Å². The second-order valence-electron chi connectivity index (χ2n) is 6.52. The van der Waals surface area contributed by atoms with Gasteiger partial charge in [-0.25, -0.2) is 13.1 Å². The summed E-state index contributed by atoms with van der Waals surface area (Å²) >= 11 is 0. The van der Waals surface area contributed by atoms with Crippen molar-refractivity contribution in [3.8, 4) is 0 Å². The lowest BCUT2D eigenvalue weighted by atomic mass is 9.84. The maximum atomic E-state index is 12.7. The van der Waals surface area contributed by atoms with Crippen molar-refractivity contribution >= 4 is 21.6 Å². The molecule has 7 heteroatoms. The molecule has 1 aliphatic carbocycles. The lowest BCUT2D eigenvalue weighted by Crippen LogP contribution is -2.45. The lowest BCUT2D eigenvalue weighted by Gasteiger charge is -2.29. The molecule has 0 aromatic heterocycles. The molecule has 1 aromatic rings. The smallest absolute Gasteiger partial charge is 0.240 e. The van der Waals surface area contributed by atoms with E-state index in [2.05, 4.69) is 10.0 Å². The number of carbonyl (C=O) groups is 1. The van der Waals surface area contributed by atoms with Crippen LogP contribution in [-0.4, -0.2) is 26.9 Å². The predicted molar refractivity (Wildman–Crippen MR) is 95.2 cm³/mol. The Balaban J connectivity index is 2.20. The molecular formula is C17H27N3O3S. The van der Waals surface area contributed by atoms with Gasteiger partial charge < -0.3 is 11.1 Å². The first kappa shape index (κ1) is 18.9. The summed E-state index contributed by atoms with van der Waals surface area (Å²) in [6.07, 6.45) is 5.48. The molecule has 0 bridgehead atoms. The van der Waals surface area contributed by atoms with E-state index in [9.17, 15) is 13.2 Å². The molecule has 0 spiro atoms. The maximum absolute atomic E-state index is 12.7. The molecule has 2 rings (SSSR count). The maximum Gasteiger partial charge on any atom is 0.240 e. The molecule has 0 radical (unpaired) electrons. The summed E-state index contributed by atoms with van der Waals surface area (Å²) in [5.41, 5.74) is 7.14. The highest BCUT2D eigenvalue weighted by Crippen LogP contribution is 2.27. The van der Waals surface area contributed by atoms with Crippen LogP contribution in [0.5, 0.6) is 0 Å². The third-order valence-electron chi connectivity index (χ3n) is 4.61. The van der Waals surface area contributed by atoms with Crippen molar-refractivity contribution in [1.82, 2.24) is 4.72 Å². The van der Waals surface area contributed by atoms with Gasteiger partial charge in [0.1, 0.15) is 0 Å². The normalized spacial score (nSPS) is 17.5. The zero-order valence-electron chi connectivity index (χ0n) is 14.3. The Morgan fingerprint density at radius 2 is 1.96 bits per heavy atom. The molecule has 6 nitrogen and oxygen atoms in total. The average molecular weight is 353 g/mol. The zero-order valence-corrected chi connectivity index (χ0v) is 15.2. The molecule has 134 valence electrons. The fraction of sp³-hybridized carbons (Fsp3) is 0.588. The minimum absolute atomic E-state index is 0.145. The van der Waals surface area contributed by atoms with Crippen LogP contribution in [0.15, 0.2) is 23.1 Å². The quantitative estimate of drug-likeness (QED) is 0.729. The number of nitrogens with two attached hydrogens (primary N) is 1. The van der Waals surface area contributed by atoms with Crippen LogP contribution < -0.4 is 15.8 Å². The number of amides is 1. The van der Waals surface area contributed by atoms with E-state index in [1.54, 1.807) is 12.1 Å². The summed E-state index contributed by atoms with van der Waals surface area (Å²) in [7, 11) is -3.68. The molecule has 1 amide bonds. The van der Waals surface area contributed by atoms with Crippen molar-refractivity contribution < 1.29 is 13.2 Å². The largest absolute Gasteiger partial charge is 0.329 e. The second-order valence-corrected chi connectivity index (χ2v) is 8.23. The van der Waals surface area contributed by atoms with Crippen molar-refractivity contribution in [2.45, 2.75) is 56.9 Å². The van der Waals surface area contributed by atoms with E-state index in [1.807, 2.05) is 6.92 Å². The molecule has 1 fully saturated rings. The van der Waals surface area contributed by atoms with E-state index >= 15 is 0 Å². The lowest BCUT2D eigenvalue weighted by molar-refractivity contribution is -0.114. The van der Waals surface area contributed by atoms with Gasteiger partial charge in [0.05, 0.1) is 4.90 Å². The van der Waals surface area contributed by atoms with Gasteiger partial charge in [0.15, 0.2) is 0 Å². The minimum atomic E-state index is -3.68. The average Bonchev–Trinajstić information content (AvgIpc) is 2.55. The number of rotatable bonds is 6. The minimum Gasteiger partial charge on any atom is -0.329 e. The Kier molecular flexibility index (Phi) is 6.37. The predicted octanol–water partition coefficient (Wildman–Crippen LogP) is 2.14. The summed E-state index contributed by atoms with van der Waals surface area (Å²) in [6, 6.07) is 4.49. The number of aryl methyl sites for hydroxylation is 1. The van der Waals surface area contributed by atoms with Crippen LogP contribution in [0.1, 0.15) is 44.6 Å². The zero-order chi connectivity index (χ0) is 17.7. The van der Waals surface area contributed by atoms with E-state index in [0.29, 0.717) is 11.6 Å². The Morgan fingerprint density at radius 1 is 1.29 bits per heavy atom. The fourth-order valence-electron chi connectivity index (χ4n) is 3.23. The van der Waals surface area contributed by atoms with Gasteiger partial charge in [-0.15, -0.1) is 0 Å². The highest BCUT2D eigenvalue weighted by atomic mass is 32.2. The molecule has 1 atom stereocenters. The highest BCUT2D eigenvalue weighted by molar-refractivity contribution is 7.89. The van der Waals surface area contributed by atoms with Gasteiger partial charge in [-0.3, -0.25) is 4.79 Å². The highest BCUT2D eigenvalue weighted by Gasteiger charge is 2.27. The van der Waals surface area contributed by atoms with Gasteiger partial charge in [0.2, 0.25) is 15.9 Å². The molecule has 1 aromatic carbocycles. The number of anilines is 1. The van der Waals surface area contributed by atoms with Crippen LogP contribution >= 0.6 is 0 Å². The third kappa shape index (κ3) is 4.78. The van der Waals surface area contributed by atoms with Crippen molar-refractivity contribution in [3.63, 3.8) is 0 Å². The second kappa shape index (κ2) is 8.09. The first-order valence-electron chi connectivity index (χ1n) is 8.44. The Bertz CT molecular complexity index is 682. The number of carbonyl (C=O) groups excluding carboxylic acids is 1. The number of hydrogen-bond acceptors (Lipinski definition) is 4. The van der Waals surface area contributed by atoms with Crippen molar-refractivity contribution in [2.24, 2.45) is 11.7 Å². The fourth-order valence-corrected chi connectivity index (χ4v) is 4.58. The molecule has 24 heavy (non-hydrogen) atoms. The van der Waals surface area contributed by atoms with Crippen molar-refractivity contribution in [2.75, 3.05) is 11.9 Å². The van der Waals surface area contributed by atoms with Gasteiger partial charge in [-0.05, 0) is 43.4 Å². The van der Waals surface area contributed by atoms with E-state index in [0.717, 1.165) is 31.2 Å². The molecule has 1 unspecified atom stereocenters. The Morgan fingerprint density at radius 3 is 2.54 bits per heavy atom. The molecule has 1 saturated carbocycles. The molecule has 0 aliphatic heterocycles. The number of nitrogens with one attached hydrogen (secondary N) is 2. The van der Waals surface area contributed by atoms with E-state index in [4.69, 9.17) is 5.73 Å². The van der Waals surface area contributed by atoms with Crippen molar-refractivity contribution in [1.29, 1.82) is 0 Å². The van der Waals surface area contributed by atoms with Gasteiger partial charge in [-0.2, -0.15) is 0 Å². The number of sulfonamides is 1. The first-order chi connectivity index (χ1) is 11.3. The SMILES string of the molecule is CC(=O)Nc1cc(S(=O)(=O)NC(CN)C2CCCCC2)ccc1C. The van der Waals surface area contributed by atoms with Crippen molar-refractivity contribution in [3.05, 3.63) is 23.8 Å². The molecule has 0 saturated heterocycles. The van der Waals surface area contributed by atoms with Crippen LogP contribution in [0.4, 0.5) is 5.69 Å². The van der Waals surface area contributed by atoms with Crippen LogP contribution in [0.2, 0.25) is 0 Å². The Hall–Kier alpha value is -1.44. The topological polar surface area (TPSA) is 101 Å². The number of hydrogen-bond donors (Lipinski definition) is 3. The van der Waals surface area contributed by atoms with E-state index in [1.165, 1.54) is 19.4 Å². The summed E-state index contributed by atoms with van der Waals surface area (Å²) in [4.78, 5) is 11.4. The van der Waals surface area contributed by atoms with Crippen LogP contribution in [0, 0.1) is 12.8 Å². The van der Waals surface area contributed by atoms with Crippen LogP contribution in [0.3, 0.4) is 0 Å². The third-order valence-corrected chi connectivity index (χ3v) is 6.10. The monoisotopic (exact) mass is 353 g/mol. The first-order valence-corrected chi connectivity index (χ1v) is 9.92. The van der Waals surface area contributed by atoms with Gasteiger partial charge >= 0.3 is 0 Å². The van der Waals surface area contributed by atoms with Crippen LogP contribution in [-0.2, 0) is 14.8 Å². The summed E-state index contributed by atoms with van der Waals surface area (Å²) in [5, 5.41) is 2.66. The van der Waals surface area contributed by atoms with E-state index < -0.39 is 10.0 Å². The van der Waals surface area contributed by atoms with Gasteiger partial charge in [0, 0.05) is 25.2 Å². The van der Waals surface area contributed by atoms with E-state index in [-0.39, 0.29) is 23.4 Å². The molecule has 1 aliphatic rings. The molecule has 4 N–H and O–H groups in total. The summed E-state index contributed by atoms with van der Waals surface area (Å²) in [6.45, 7) is 3.50.